The first-order valence-electron chi connectivity index (χ1n) is 25.4. The Labute approximate surface area is 408 Å². The molecule has 0 radical (unpaired) electrons. The number of carbonyl (C=O) groups is 1. The lowest BCUT2D eigenvalue weighted by atomic mass is 9.41. The van der Waals surface area contributed by atoms with Crippen LogP contribution in [0.4, 0.5) is 0 Å². The topological polar surface area (TPSA) is 334 Å². The highest BCUT2D eigenvalue weighted by molar-refractivity contribution is 5.87. The Hall–Kier alpha value is -1.13. The van der Waals surface area contributed by atoms with Gasteiger partial charge in [-0.15, -0.1) is 0 Å². The standard InChI is InChI=1S/C49H80O21/c1-21-22(14-28(53)46(6,62)20-64-40-36(60)33(57)30(54)23(15-50)65-40)70-49(63-7)18-45(5)27-9-8-26-43(2,3)29(10-11-47(26)19-48(27,47)13-12-44(45,4)39(21)49)68-42-38(35(59)32(56)25(17-52)67-42)69-41-37(61)34(58)31(55)24(16-51)66-41/h21-27,29-42,50-52,54-62H,8-20H2,1-7H3/t21-,22+,23?,24-,25-,26+,27+,29+,30-,31-,32+,33+,34+,35+,36-,37-,38-,39-,40-,41+,42+,44-,45+,46-,47-,48+,49+/m1/s1. The number of fused-ring (bicyclic) bond motifs is 4. The number of aliphatic hydroxyl groups excluding tert-OH is 11. The maximum atomic E-state index is 13.9. The van der Waals surface area contributed by atoms with Gasteiger partial charge in [-0.1, -0.05) is 34.6 Å². The van der Waals surface area contributed by atoms with Crippen LogP contribution >= 0.6 is 0 Å². The van der Waals surface area contributed by atoms with Crippen molar-refractivity contribution < 1.29 is 104 Å². The first-order valence-corrected chi connectivity index (χ1v) is 25.4. The summed E-state index contributed by atoms with van der Waals surface area (Å²) in [5.41, 5.74) is -2.83. The molecule has 0 aromatic heterocycles. The molecular weight excluding hydrogens is 925 g/mol. The highest BCUT2D eigenvalue weighted by Crippen LogP contribution is 2.90. The lowest BCUT2D eigenvalue weighted by Gasteiger charge is -2.63. The normalized spacial score (nSPS) is 55.6. The van der Waals surface area contributed by atoms with Crippen LogP contribution in [0.2, 0.25) is 0 Å². The zero-order chi connectivity index (χ0) is 51.1. The Morgan fingerprint density at radius 1 is 0.629 bits per heavy atom. The quantitative estimate of drug-likeness (QED) is 0.0834. The minimum Gasteiger partial charge on any atom is -0.394 e. The van der Waals surface area contributed by atoms with Gasteiger partial charge in [0, 0.05) is 25.9 Å². The van der Waals surface area contributed by atoms with Crippen molar-refractivity contribution in [3.8, 4) is 0 Å². The predicted octanol–water partition coefficient (Wildman–Crippen LogP) is -2.05. The minimum absolute atomic E-state index is 0.0230. The molecular formula is C49H80O21. The lowest BCUT2D eigenvalue weighted by Crippen LogP contribution is -2.65. The first kappa shape index (κ1) is 53.7. The summed E-state index contributed by atoms with van der Waals surface area (Å²) in [6.45, 7) is 10.0. The Morgan fingerprint density at radius 2 is 1.17 bits per heavy atom. The Bertz CT molecular complexity index is 1910. The number of carbonyl (C=O) groups excluding carboxylic acids is 1. The average Bonchev–Trinajstić information content (AvgIpc) is 3.84. The van der Waals surface area contributed by atoms with E-state index in [1.54, 1.807) is 7.11 Å². The van der Waals surface area contributed by atoms with Crippen molar-refractivity contribution in [1.82, 2.24) is 0 Å². The van der Waals surface area contributed by atoms with Crippen molar-refractivity contribution in [3.63, 3.8) is 0 Å². The molecule has 9 rings (SSSR count). The molecule has 21 heteroatoms. The molecule has 21 nitrogen and oxygen atoms in total. The van der Waals surface area contributed by atoms with E-state index in [9.17, 15) is 66.1 Å². The van der Waals surface area contributed by atoms with E-state index in [0.29, 0.717) is 18.8 Å². The van der Waals surface area contributed by atoms with Crippen LogP contribution < -0.4 is 0 Å². The van der Waals surface area contributed by atoms with Gasteiger partial charge in [0.05, 0.1) is 38.6 Å². The lowest BCUT2D eigenvalue weighted by molar-refractivity contribution is -0.377. The Balaban J connectivity index is 0.884. The van der Waals surface area contributed by atoms with Gasteiger partial charge >= 0.3 is 0 Å². The summed E-state index contributed by atoms with van der Waals surface area (Å²) in [5, 5.41) is 126. The SMILES string of the molecule is CO[C@]12C[C@@]3(C)[C@@H]4CC[C@H]5C(C)(C)[C@@H](O[C@@H]6O[C@H](CO)[C@H](O)[C@H](O)[C@H]6O[C@@H]6O[C@H](CO)[C@@H](O)[C@H](O)[C@H]6O)CC[C@@]56C[C@@]46CC[C@]3(C)[C@H]1[C@H](C)[C@H](CC(=O)[C@](C)(O)CO[C@@H]1OC(CO)[C@@H](O)[C@H](O)[C@H]1O)O2. The number of aliphatic hydroxyl groups is 12. The van der Waals surface area contributed by atoms with E-state index in [0.717, 1.165) is 38.5 Å². The summed E-state index contributed by atoms with van der Waals surface area (Å²) in [6.07, 6.45) is -17.2. The van der Waals surface area contributed by atoms with Crippen LogP contribution in [0.5, 0.6) is 0 Å². The van der Waals surface area contributed by atoms with Crippen molar-refractivity contribution in [2.45, 2.75) is 215 Å². The van der Waals surface area contributed by atoms with Gasteiger partial charge in [-0.3, -0.25) is 4.79 Å². The second-order valence-corrected chi connectivity index (χ2v) is 24.1. The fourth-order valence-electron chi connectivity index (χ4n) is 16.6. The number of ketones is 1. The molecule has 402 valence electrons. The number of methoxy groups -OCH3 is 1. The molecule has 4 heterocycles. The van der Waals surface area contributed by atoms with Crippen LogP contribution in [0.25, 0.3) is 0 Å². The van der Waals surface area contributed by atoms with Gasteiger partial charge in [0.15, 0.2) is 30.4 Å². The molecule has 1 unspecified atom stereocenters. The Kier molecular flexibility index (Phi) is 14.2. The van der Waals surface area contributed by atoms with E-state index in [1.165, 1.54) is 6.92 Å². The second kappa shape index (κ2) is 18.6. The monoisotopic (exact) mass is 1000 g/mol. The molecule has 9 aliphatic rings. The third-order valence-electron chi connectivity index (χ3n) is 20.5. The largest absolute Gasteiger partial charge is 0.394 e. The van der Waals surface area contributed by atoms with Gasteiger partial charge < -0.3 is 99.2 Å². The van der Waals surface area contributed by atoms with Crippen molar-refractivity contribution in [3.05, 3.63) is 0 Å². The van der Waals surface area contributed by atoms with Gasteiger partial charge in [0.2, 0.25) is 0 Å². The van der Waals surface area contributed by atoms with Crippen LogP contribution in [-0.4, -0.2) is 216 Å². The first-order chi connectivity index (χ1) is 32.8. The number of Topliss-reactive ketones (excluding diaryl/α,β-unsaturated/α-hetero) is 1. The second-order valence-electron chi connectivity index (χ2n) is 24.1. The van der Waals surface area contributed by atoms with E-state index >= 15 is 0 Å². The summed E-state index contributed by atoms with van der Waals surface area (Å²) >= 11 is 0. The zero-order valence-corrected chi connectivity index (χ0v) is 41.4. The van der Waals surface area contributed by atoms with Gasteiger partial charge in [0.1, 0.15) is 78.8 Å². The van der Waals surface area contributed by atoms with Crippen LogP contribution in [0.1, 0.15) is 99.3 Å². The number of rotatable bonds is 14. The molecule has 12 N–H and O–H groups in total. The number of hydrogen-bond acceptors (Lipinski definition) is 21. The van der Waals surface area contributed by atoms with E-state index in [4.69, 9.17) is 37.9 Å². The summed E-state index contributed by atoms with van der Waals surface area (Å²) in [5.74, 6) is -1.16. The highest BCUT2D eigenvalue weighted by Gasteiger charge is 2.85. The maximum Gasteiger partial charge on any atom is 0.187 e. The number of ether oxygens (including phenoxy) is 8. The van der Waals surface area contributed by atoms with Crippen molar-refractivity contribution in [2.75, 3.05) is 33.5 Å². The average molecular weight is 1010 g/mol. The van der Waals surface area contributed by atoms with Gasteiger partial charge in [-0.25, -0.2) is 0 Å². The minimum atomic E-state index is -2.04. The third-order valence-corrected chi connectivity index (χ3v) is 20.5. The Morgan fingerprint density at radius 3 is 1.77 bits per heavy atom. The van der Waals surface area contributed by atoms with E-state index in [1.807, 2.05) is 0 Å². The smallest absolute Gasteiger partial charge is 0.187 e. The third kappa shape index (κ3) is 7.80. The van der Waals surface area contributed by atoms with E-state index in [2.05, 4.69) is 34.6 Å². The zero-order valence-electron chi connectivity index (χ0n) is 41.4. The summed E-state index contributed by atoms with van der Waals surface area (Å²) in [7, 11) is 1.67. The van der Waals surface area contributed by atoms with Crippen LogP contribution in [-0.2, 0) is 42.7 Å². The fourth-order valence-corrected chi connectivity index (χ4v) is 16.6. The molecule has 0 aromatic carbocycles. The van der Waals surface area contributed by atoms with Crippen LogP contribution in [0, 0.1) is 50.7 Å². The van der Waals surface area contributed by atoms with Crippen LogP contribution in [0.3, 0.4) is 0 Å². The fraction of sp³-hybridized carbons (Fsp3) is 0.980. The summed E-state index contributed by atoms with van der Waals surface area (Å²) in [6, 6.07) is 0. The van der Waals surface area contributed by atoms with Gasteiger partial charge in [-0.2, -0.15) is 0 Å². The molecule has 27 atom stereocenters. The highest BCUT2D eigenvalue weighted by atomic mass is 16.8. The van der Waals surface area contributed by atoms with Crippen LogP contribution in [0.15, 0.2) is 0 Å². The molecule has 9 fully saturated rings. The van der Waals surface area contributed by atoms with E-state index < -0.39 is 153 Å². The maximum absolute atomic E-state index is 13.9. The van der Waals surface area contributed by atoms with E-state index in [-0.39, 0.29) is 45.8 Å². The van der Waals surface area contributed by atoms with Crippen molar-refractivity contribution in [2.24, 2.45) is 50.7 Å². The molecule has 4 aliphatic heterocycles. The molecule has 2 spiro atoms. The molecule has 5 aliphatic carbocycles. The molecule has 0 amide bonds. The van der Waals surface area contributed by atoms with Crippen molar-refractivity contribution >= 4 is 5.78 Å². The number of hydrogen-bond donors (Lipinski definition) is 12. The molecule has 4 saturated heterocycles. The van der Waals surface area contributed by atoms with Crippen molar-refractivity contribution in [1.29, 1.82) is 0 Å². The summed E-state index contributed by atoms with van der Waals surface area (Å²) < 4.78 is 48.9. The van der Waals surface area contributed by atoms with Gasteiger partial charge in [0.25, 0.3) is 0 Å². The van der Waals surface area contributed by atoms with Gasteiger partial charge in [-0.05, 0) is 96.7 Å². The molecule has 5 saturated carbocycles. The predicted molar refractivity (Wildman–Crippen MR) is 237 cm³/mol. The summed E-state index contributed by atoms with van der Waals surface area (Å²) in [4.78, 5) is 13.9. The molecule has 70 heavy (non-hydrogen) atoms. The molecule has 0 aromatic rings. The molecule has 0 bridgehead atoms.